The SMILES string of the molecule is COCCN(C)C[C@@H]1C[C@@H](CO)CN(C(=O)c2cc(=O)n(C)c(=O)n2C)C1. The minimum absolute atomic E-state index is 0.00243. The number of amides is 1. The van der Waals surface area contributed by atoms with Crippen LogP contribution in [0.3, 0.4) is 0 Å². The van der Waals surface area contributed by atoms with Gasteiger partial charge in [-0.2, -0.15) is 0 Å². The van der Waals surface area contributed by atoms with Crippen LogP contribution in [0.2, 0.25) is 0 Å². The lowest BCUT2D eigenvalue weighted by molar-refractivity contribution is 0.0441. The smallest absolute Gasteiger partial charge is 0.331 e. The summed E-state index contributed by atoms with van der Waals surface area (Å²) in [6.07, 6.45) is 0.826. The number of hydrogen-bond donors (Lipinski definition) is 1. The van der Waals surface area contributed by atoms with E-state index in [9.17, 15) is 19.5 Å². The van der Waals surface area contributed by atoms with E-state index in [1.165, 1.54) is 24.7 Å². The van der Waals surface area contributed by atoms with Crippen LogP contribution in [0.25, 0.3) is 0 Å². The Hall–Kier alpha value is -1.97. The first-order chi connectivity index (χ1) is 12.8. The fourth-order valence-corrected chi connectivity index (χ4v) is 3.63. The van der Waals surface area contributed by atoms with E-state index in [-0.39, 0.29) is 30.0 Å². The number of carbonyl (C=O) groups is 1. The molecule has 1 amide bonds. The fourth-order valence-electron chi connectivity index (χ4n) is 3.63. The second-order valence-corrected chi connectivity index (χ2v) is 7.38. The number of methoxy groups -OCH3 is 1. The van der Waals surface area contributed by atoms with Crippen LogP contribution in [-0.4, -0.2) is 83.5 Å². The maximum Gasteiger partial charge on any atom is 0.331 e. The first-order valence-corrected chi connectivity index (χ1v) is 9.13. The maximum absolute atomic E-state index is 13.0. The van der Waals surface area contributed by atoms with Crippen molar-refractivity contribution in [3.05, 3.63) is 32.6 Å². The van der Waals surface area contributed by atoms with Gasteiger partial charge in [0, 0.05) is 60.1 Å². The lowest BCUT2D eigenvalue weighted by atomic mass is 9.89. The summed E-state index contributed by atoms with van der Waals surface area (Å²) < 4.78 is 7.27. The average molecular weight is 382 g/mol. The van der Waals surface area contributed by atoms with E-state index in [1.54, 1.807) is 12.0 Å². The number of nitrogens with zero attached hydrogens (tertiary/aromatic N) is 4. The summed E-state index contributed by atoms with van der Waals surface area (Å²) in [7, 11) is 6.52. The highest BCUT2D eigenvalue weighted by Crippen LogP contribution is 2.23. The van der Waals surface area contributed by atoms with E-state index in [1.807, 2.05) is 7.05 Å². The number of aliphatic hydroxyl groups excluding tert-OH is 1. The molecule has 1 saturated heterocycles. The fraction of sp³-hybridized carbons (Fsp3) is 0.722. The van der Waals surface area contributed by atoms with Gasteiger partial charge in [-0.15, -0.1) is 0 Å². The van der Waals surface area contributed by atoms with E-state index >= 15 is 0 Å². The minimum atomic E-state index is -0.530. The molecule has 0 spiro atoms. The molecule has 9 nitrogen and oxygen atoms in total. The number of carbonyl (C=O) groups excluding carboxylic acids is 1. The van der Waals surface area contributed by atoms with Crippen molar-refractivity contribution in [2.24, 2.45) is 25.9 Å². The van der Waals surface area contributed by atoms with Crippen LogP contribution >= 0.6 is 0 Å². The van der Waals surface area contributed by atoms with Crippen molar-refractivity contribution in [1.29, 1.82) is 0 Å². The Morgan fingerprint density at radius 3 is 2.56 bits per heavy atom. The second-order valence-electron chi connectivity index (χ2n) is 7.38. The third-order valence-electron chi connectivity index (χ3n) is 5.16. The molecular formula is C18H30N4O5. The van der Waals surface area contributed by atoms with E-state index < -0.39 is 11.2 Å². The van der Waals surface area contributed by atoms with Gasteiger partial charge < -0.3 is 19.6 Å². The lowest BCUT2D eigenvalue weighted by Gasteiger charge is -2.38. The molecule has 1 aliphatic heterocycles. The van der Waals surface area contributed by atoms with Gasteiger partial charge >= 0.3 is 5.69 Å². The van der Waals surface area contributed by atoms with E-state index in [2.05, 4.69) is 4.90 Å². The Kier molecular flexibility index (Phi) is 7.34. The average Bonchev–Trinajstić information content (AvgIpc) is 2.66. The van der Waals surface area contributed by atoms with Gasteiger partial charge in [0.1, 0.15) is 5.69 Å². The third kappa shape index (κ3) is 5.06. The molecule has 2 atom stereocenters. The molecule has 1 aliphatic rings. The predicted octanol–water partition coefficient (Wildman–Crippen LogP) is -1.27. The van der Waals surface area contributed by atoms with Crippen molar-refractivity contribution in [1.82, 2.24) is 18.9 Å². The Morgan fingerprint density at radius 2 is 1.93 bits per heavy atom. The molecule has 0 aromatic carbocycles. The Bertz CT molecular complexity index is 772. The molecule has 0 saturated carbocycles. The summed E-state index contributed by atoms with van der Waals surface area (Å²) in [5.41, 5.74) is -0.960. The first-order valence-electron chi connectivity index (χ1n) is 9.13. The normalized spacial score (nSPS) is 20.3. The molecule has 2 rings (SSSR count). The third-order valence-corrected chi connectivity index (χ3v) is 5.16. The van der Waals surface area contributed by atoms with Crippen molar-refractivity contribution >= 4 is 5.91 Å². The van der Waals surface area contributed by atoms with Crippen molar-refractivity contribution in [2.45, 2.75) is 6.42 Å². The van der Waals surface area contributed by atoms with E-state index in [4.69, 9.17) is 4.74 Å². The van der Waals surface area contributed by atoms with Gasteiger partial charge in [-0.25, -0.2) is 4.79 Å². The summed E-state index contributed by atoms with van der Waals surface area (Å²) in [5.74, 6) is -0.174. The highest BCUT2D eigenvalue weighted by Gasteiger charge is 2.32. The highest BCUT2D eigenvalue weighted by molar-refractivity contribution is 5.92. The molecule has 1 N–H and O–H groups in total. The lowest BCUT2D eigenvalue weighted by Crippen LogP contribution is -2.49. The molecule has 27 heavy (non-hydrogen) atoms. The van der Waals surface area contributed by atoms with Gasteiger partial charge in [-0.05, 0) is 25.3 Å². The largest absolute Gasteiger partial charge is 0.396 e. The van der Waals surface area contributed by atoms with Gasteiger partial charge in [0.25, 0.3) is 11.5 Å². The molecule has 1 aromatic rings. The minimum Gasteiger partial charge on any atom is -0.396 e. The number of hydrogen-bond acceptors (Lipinski definition) is 6. The number of aliphatic hydroxyl groups is 1. The van der Waals surface area contributed by atoms with Crippen molar-refractivity contribution in [3.63, 3.8) is 0 Å². The van der Waals surface area contributed by atoms with E-state index in [0.717, 1.165) is 24.1 Å². The molecular weight excluding hydrogens is 352 g/mol. The zero-order chi connectivity index (χ0) is 20.1. The van der Waals surface area contributed by atoms with Crippen LogP contribution in [0.5, 0.6) is 0 Å². The standard InChI is InChI=1S/C18H30N4O5/c1-19(5-6-27-4)9-13-7-14(12-23)11-22(10-13)17(25)15-8-16(24)21(3)18(26)20(15)2/h8,13-14,23H,5-7,9-12H2,1-4H3/t13-,14+/m0/s1. The number of likely N-dealkylation sites (N-methyl/N-ethyl adjacent to an activating group) is 1. The van der Waals surface area contributed by atoms with Crippen LogP contribution in [0.1, 0.15) is 16.9 Å². The Balaban J connectivity index is 2.20. The monoisotopic (exact) mass is 382 g/mol. The summed E-state index contributed by atoms with van der Waals surface area (Å²) in [4.78, 5) is 40.9. The zero-order valence-electron chi connectivity index (χ0n) is 16.6. The molecule has 1 fully saturated rings. The quantitative estimate of drug-likeness (QED) is 0.632. The van der Waals surface area contributed by atoms with Gasteiger partial charge in [0.15, 0.2) is 0 Å². The molecule has 0 unspecified atom stereocenters. The summed E-state index contributed by atoms with van der Waals surface area (Å²) in [5, 5.41) is 9.65. The molecule has 1 aromatic heterocycles. The number of rotatable bonds is 7. The molecule has 0 bridgehead atoms. The Labute approximate surface area is 158 Å². The predicted molar refractivity (Wildman–Crippen MR) is 101 cm³/mol. The topological polar surface area (TPSA) is 97.0 Å². The van der Waals surface area contributed by atoms with Gasteiger partial charge in [-0.1, -0.05) is 0 Å². The van der Waals surface area contributed by atoms with Gasteiger partial charge in [0.2, 0.25) is 0 Å². The van der Waals surface area contributed by atoms with Gasteiger partial charge in [0.05, 0.1) is 6.61 Å². The molecule has 152 valence electrons. The molecule has 0 radical (unpaired) electrons. The number of piperidine rings is 1. The molecule has 0 aliphatic carbocycles. The number of likely N-dealkylation sites (tertiary alicyclic amines) is 1. The van der Waals surface area contributed by atoms with Crippen LogP contribution in [0.4, 0.5) is 0 Å². The summed E-state index contributed by atoms with van der Waals surface area (Å²) >= 11 is 0. The van der Waals surface area contributed by atoms with Crippen LogP contribution < -0.4 is 11.2 Å². The first kappa shape index (κ1) is 21.3. The molecule has 2 heterocycles. The van der Waals surface area contributed by atoms with Crippen molar-refractivity contribution < 1.29 is 14.6 Å². The number of ether oxygens (including phenoxy) is 1. The van der Waals surface area contributed by atoms with Crippen molar-refractivity contribution in [2.75, 3.05) is 53.6 Å². The van der Waals surface area contributed by atoms with Crippen LogP contribution in [0, 0.1) is 11.8 Å². The summed E-state index contributed by atoms with van der Waals surface area (Å²) in [6, 6.07) is 1.20. The van der Waals surface area contributed by atoms with Gasteiger partial charge in [-0.3, -0.25) is 18.7 Å². The summed E-state index contributed by atoms with van der Waals surface area (Å²) in [6.45, 7) is 3.13. The van der Waals surface area contributed by atoms with E-state index in [0.29, 0.717) is 19.7 Å². The van der Waals surface area contributed by atoms with Crippen LogP contribution in [-0.2, 0) is 18.8 Å². The van der Waals surface area contributed by atoms with Crippen molar-refractivity contribution in [3.8, 4) is 0 Å². The number of aromatic nitrogens is 2. The van der Waals surface area contributed by atoms with Crippen LogP contribution in [0.15, 0.2) is 15.7 Å². The maximum atomic E-state index is 13.0. The second kappa shape index (κ2) is 9.29. The molecule has 9 heteroatoms. The highest BCUT2D eigenvalue weighted by atomic mass is 16.5. The zero-order valence-corrected chi connectivity index (χ0v) is 16.6. The Morgan fingerprint density at radius 1 is 1.26 bits per heavy atom.